The Balaban J connectivity index is 1.95. The molecule has 34 heavy (non-hydrogen) atoms. The summed E-state index contributed by atoms with van der Waals surface area (Å²) in [6.45, 7) is 10.0. The zero-order valence-electron chi connectivity index (χ0n) is 20.6. The van der Waals surface area contributed by atoms with E-state index in [1.807, 2.05) is 56.3 Å². The van der Waals surface area contributed by atoms with Crippen molar-refractivity contribution in [1.29, 1.82) is 0 Å². The van der Waals surface area contributed by atoms with Crippen LogP contribution in [0, 0.1) is 12.8 Å². The largest absolute Gasteiger partial charge is 0.495 e. The van der Waals surface area contributed by atoms with Crippen molar-refractivity contribution in [3.05, 3.63) is 59.3 Å². The van der Waals surface area contributed by atoms with Crippen molar-refractivity contribution < 1.29 is 23.8 Å². The van der Waals surface area contributed by atoms with Crippen LogP contribution in [0.5, 0.6) is 11.5 Å². The van der Waals surface area contributed by atoms with Crippen molar-refractivity contribution in [1.82, 2.24) is 4.90 Å². The highest BCUT2D eigenvalue weighted by Crippen LogP contribution is 2.34. The third kappa shape index (κ3) is 5.97. The molecule has 2 amide bonds. The summed E-state index contributed by atoms with van der Waals surface area (Å²) in [7, 11) is 1.57. The molecule has 7 nitrogen and oxygen atoms in total. The average molecular weight is 467 g/mol. The molecule has 1 N–H and O–H groups in total. The maximum absolute atomic E-state index is 13.4. The molecule has 2 aromatic carbocycles. The lowest BCUT2D eigenvalue weighted by Crippen LogP contribution is -2.34. The smallest absolute Gasteiger partial charge is 0.278 e. The van der Waals surface area contributed by atoms with Gasteiger partial charge in [-0.05, 0) is 61.6 Å². The minimum absolute atomic E-state index is 0.237. The SMILES string of the molecule is CCOCCCN1C(=O)C(Nc2cc(C)ccc2OC)=C(c2ccc(OCC(C)C)cc2)C1=O. The number of amides is 2. The van der Waals surface area contributed by atoms with E-state index in [4.69, 9.17) is 14.2 Å². The van der Waals surface area contributed by atoms with Crippen LogP contribution >= 0.6 is 0 Å². The van der Waals surface area contributed by atoms with Crippen LogP contribution in [0.4, 0.5) is 5.69 Å². The monoisotopic (exact) mass is 466 g/mol. The Kier molecular flexibility index (Phi) is 8.71. The van der Waals surface area contributed by atoms with Gasteiger partial charge in [0.05, 0.1) is 25.0 Å². The first-order valence-corrected chi connectivity index (χ1v) is 11.7. The molecule has 0 bridgehead atoms. The van der Waals surface area contributed by atoms with Gasteiger partial charge in [-0.15, -0.1) is 0 Å². The molecule has 2 aromatic rings. The summed E-state index contributed by atoms with van der Waals surface area (Å²) in [6.07, 6.45) is 0.571. The highest BCUT2D eigenvalue weighted by atomic mass is 16.5. The van der Waals surface area contributed by atoms with Gasteiger partial charge in [0.15, 0.2) is 0 Å². The van der Waals surface area contributed by atoms with Gasteiger partial charge in [-0.3, -0.25) is 14.5 Å². The van der Waals surface area contributed by atoms with Crippen LogP contribution in [0.15, 0.2) is 48.2 Å². The van der Waals surface area contributed by atoms with E-state index in [0.717, 1.165) is 11.3 Å². The van der Waals surface area contributed by atoms with Crippen LogP contribution in [-0.2, 0) is 14.3 Å². The molecule has 0 saturated carbocycles. The van der Waals surface area contributed by atoms with Gasteiger partial charge in [-0.2, -0.15) is 0 Å². The summed E-state index contributed by atoms with van der Waals surface area (Å²) in [4.78, 5) is 28.1. The molecule has 0 spiro atoms. The molecule has 0 atom stereocenters. The summed E-state index contributed by atoms with van der Waals surface area (Å²) in [6, 6.07) is 12.9. The van der Waals surface area contributed by atoms with Crippen molar-refractivity contribution >= 4 is 23.1 Å². The second kappa shape index (κ2) is 11.7. The first-order valence-electron chi connectivity index (χ1n) is 11.7. The number of benzene rings is 2. The summed E-state index contributed by atoms with van der Waals surface area (Å²) in [5, 5.41) is 3.20. The standard InChI is InChI=1S/C27H34N2O5/c1-6-33-15-7-14-29-26(30)24(20-9-11-21(12-10-20)34-17-18(2)3)25(27(29)31)28-22-16-19(4)8-13-23(22)32-5/h8-13,16,18,28H,6-7,14-15,17H2,1-5H3. The van der Waals surface area contributed by atoms with Crippen molar-refractivity contribution in [3.63, 3.8) is 0 Å². The molecule has 0 aromatic heterocycles. The fourth-order valence-electron chi connectivity index (χ4n) is 3.67. The van der Waals surface area contributed by atoms with E-state index in [1.165, 1.54) is 4.90 Å². The molecule has 7 heteroatoms. The van der Waals surface area contributed by atoms with Gasteiger partial charge in [0.1, 0.15) is 17.2 Å². The molecule has 0 fully saturated rings. The van der Waals surface area contributed by atoms with Gasteiger partial charge >= 0.3 is 0 Å². The molecular weight excluding hydrogens is 432 g/mol. The normalized spacial score (nSPS) is 13.8. The first kappa shape index (κ1) is 25.3. The highest BCUT2D eigenvalue weighted by Gasteiger charge is 2.39. The molecule has 0 unspecified atom stereocenters. The minimum atomic E-state index is -0.361. The van der Waals surface area contributed by atoms with E-state index in [9.17, 15) is 9.59 Å². The van der Waals surface area contributed by atoms with Gasteiger partial charge in [0.25, 0.3) is 11.8 Å². The maximum atomic E-state index is 13.4. The summed E-state index contributed by atoms with van der Waals surface area (Å²) in [5.41, 5.74) is 2.85. The van der Waals surface area contributed by atoms with Crippen LogP contribution in [0.1, 0.15) is 38.3 Å². The molecule has 0 saturated heterocycles. The zero-order chi connectivity index (χ0) is 24.7. The molecule has 3 rings (SSSR count). The van der Waals surface area contributed by atoms with Crippen molar-refractivity contribution in [2.45, 2.75) is 34.1 Å². The number of anilines is 1. The number of hydrogen-bond acceptors (Lipinski definition) is 6. The summed E-state index contributed by atoms with van der Waals surface area (Å²) < 4.78 is 16.6. The topological polar surface area (TPSA) is 77.1 Å². The lowest BCUT2D eigenvalue weighted by Gasteiger charge is -2.16. The number of nitrogens with one attached hydrogen (secondary N) is 1. The Morgan fingerprint density at radius 1 is 1.03 bits per heavy atom. The third-order valence-corrected chi connectivity index (χ3v) is 5.38. The Hall–Kier alpha value is -3.32. The van der Waals surface area contributed by atoms with E-state index >= 15 is 0 Å². The molecule has 1 heterocycles. The lowest BCUT2D eigenvalue weighted by molar-refractivity contribution is -0.137. The second-order valence-electron chi connectivity index (χ2n) is 8.62. The van der Waals surface area contributed by atoms with Crippen molar-refractivity contribution in [3.8, 4) is 11.5 Å². The summed E-state index contributed by atoms with van der Waals surface area (Å²) >= 11 is 0. The first-order chi connectivity index (χ1) is 16.3. The number of aryl methyl sites for hydroxylation is 1. The number of methoxy groups -OCH3 is 1. The van der Waals surface area contributed by atoms with Crippen LogP contribution in [0.2, 0.25) is 0 Å². The van der Waals surface area contributed by atoms with Crippen LogP contribution < -0.4 is 14.8 Å². The third-order valence-electron chi connectivity index (χ3n) is 5.38. The maximum Gasteiger partial charge on any atom is 0.278 e. The number of nitrogens with zero attached hydrogens (tertiary/aromatic N) is 1. The highest BCUT2D eigenvalue weighted by molar-refractivity contribution is 6.36. The number of rotatable bonds is 12. The average Bonchev–Trinajstić information content (AvgIpc) is 3.05. The summed E-state index contributed by atoms with van der Waals surface area (Å²) in [5.74, 6) is 1.02. The number of carbonyl (C=O) groups excluding carboxylic acids is 2. The van der Waals surface area contributed by atoms with E-state index in [-0.39, 0.29) is 24.1 Å². The molecule has 1 aliphatic heterocycles. The zero-order valence-corrected chi connectivity index (χ0v) is 20.6. The molecule has 0 radical (unpaired) electrons. The Morgan fingerprint density at radius 3 is 2.41 bits per heavy atom. The minimum Gasteiger partial charge on any atom is -0.495 e. The number of hydrogen-bond donors (Lipinski definition) is 1. The van der Waals surface area contributed by atoms with Gasteiger partial charge < -0.3 is 19.5 Å². The molecule has 1 aliphatic rings. The van der Waals surface area contributed by atoms with Crippen LogP contribution in [-0.4, -0.2) is 50.2 Å². The predicted octanol–water partition coefficient (Wildman–Crippen LogP) is 4.66. The van der Waals surface area contributed by atoms with E-state index < -0.39 is 0 Å². The molecule has 0 aliphatic carbocycles. The lowest BCUT2D eigenvalue weighted by atomic mass is 10.0. The fourth-order valence-corrected chi connectivity index (χ4v) is 3.67. The number of carbonyl (C=O) groups is 2. The number of imide groups is 1. The fraction of sp³-hybridized carbons (Fsp3) is 0.407. The van der Waals surface area contributed by atoms with Crippen molar-refractivity contribution in [2.24, 2.45) is 5.92 Å². The van der Waals surface area contributed by atoms with E-state index in [2.05, 4.69) is 19.2 Å². The number of ether oxygens (including phenoxy) is 3. The van der Waals surface area contributed by atoms with Gasteiger partial charge in [-0.1, -0.05) is 32.0 Å². The van der Waals surface area contributed by atoms with E-state index in [1.54, 1.807) is 7.11 Å². The van der Waals surface area contributed by atoms with E-state index in [0.29, 0.717) is 54.7 Å². The quantitative estimate of drug-likeness (QED) is 0.362. The molecule has 182 valence electrons. The Morgan fingerprint density at radius 2 is 1.76 bits per heavy atom. The van der Waals surface area contributed by atoms with Gasteiger partial charge in [0.2, 0.25) is 0 Å². The van der Waals surface area contributed by atoms with Gasteiger partial charge in [0, 0.05) is 19.8 Å². The predicted molar refractivity (Wildman–Crippen MR) is 133 cm³/mol. The van der Waals surface area contributed by atoms with Gasteiger partial charge in [-0.25, -0.2) is 0 Å². The Bertz CT molecular complexity index is 1040. The van der Waals surface area contributed by atoms with Crippen molar-refractivity contribution in [2.75, 3.05) is 38.8 Å². The molecular formula is C27H34N2O5. The Labute approximate surface area is 201 Å². The van der Waals surface area contributed by atoms with Crippen LogP contribution in [0.3, 0.4) is 0 Å². The second-order valence-corrected chi connectivity index (χ2v) is 8.62. The van der Waals surface area contributed by atoms with Crippen LogP contribution in [0.25, 0.3) is 5.57 Å².